The summed E-state index contributed by atoms with van der Waals surface area (Å²) < 4.78 is 2.23. The first-order chi connectivity index (χ1) is 14.2. The Morgan fingerprint density at radius 3 is 2.69 bits per heavy atom. The number of anilines is 1. The average Bonchev–Trinajstić information content (AvgIpc) is 3.15. The van der Waals surface area contributed by atoms with Gasteiger partial charge in [-0.15, -0.1) is 0 Å². The fraction of sp³-hybridized carbons (Fsp3) is 0.250. The second-order valence-electron chi connectivity index (χ2n) is 7.71. The summed E-state index contributed by atoms with van der Waals surface area (Å²) in [6.07, 6.45) is 4.22. The molecule has 2 aliphatic heterocycles. The van der Waals surface area contributed by atoms with Gasteiger partial charge in [0.1, 0.15) is 0 Å². The van der Waals surface area contributed by atoms with Crippen LogP contribution in [0.1, 0.15) is 46.1 Å². The molecule has 5 heteroatoms. The van der Waals surface area contributed by atoms with Crippen LogP contribution in [-0.2, 0) is 17.8 Å². The number of rotatable bonds is 2. The van der Waals surface area contributed by atoms with E-state index in [4.69, 9.17) is 0 Å². The van der Waals surface area contributed by atoms with Crippen molar-refractivity contribution in [3.05, 3.63) is 89.2 Å². The van der Waals surface area contributed by atoms with E-state index >= 15 is 0 Å². The SMILES string of the molecule is O=C1CCCc2cc(C(=O)N3CCn4cccc4C3c3ccccc3)ccc2N1. The number of hydrogen-bond acceptors (Lipinski definition) is 2. The fourth-order valence-electron chi connectivity index (χ4n) is 4.46. The molecule has 0 saturated carbocycles. The summed E-state index contributed by atoms with van der Waals surface area (Å²) in [6, 6.07) is 19.9. The van der Waals surface area contributed by atoms with E-state index in [2.05, 4.69) is 34.3 Å². The molecule has 5 rings (SSSR count). The highest BCUT2D eigenvalue weighted by atomic mass is 16.2. The van der Waals surface area contributed by atoms with Gasteiger partial charge in [-0.05, 0) is 54.3 Å². The summed E-state index contributed by atoms with van der Waals surface area (Å²) in [5.41, 5.74) is 4.80. The first kappa shape index (κ1) is 17.7. The van der Waals surface area contributed by atoms with Crippen LogP contribution >= 0.6 is 0 Å². The predicted molar refractivity (Wildman–Crippen MR) is 112 cm³/mol. The number of carbonyl (C=O) groups excluding carboxylic acids is 2. The minimum Gasteiger partial charge on any atom is -0.348 e. The standard InChI is InChI=1S/C24H23N3O2/c28-22-10-4-8-18-16-19(11-12-20(18)25-22)24(29)27-15-14-26-13-5-9-21(26)23(27)17-6-2-1-3-7-17/h1-3,5-7,9,11-13,16,23H,4,8,10,14-15H2,(H,25,28). The van der Waals surface area contributed by atoms with Crippen molar-refractivity contribution in [1.82, 2.24) is 9.47 Å². The molecule has 0 aliphatic carbocycles. The van der Waals surface area contributed by atoms with Gasteiger partial charge in [-0.3, -0.25) is 9.59 Å². The number of nitrogens with zero attached hydrogens (tertiary/aromatic N) is 2. The normalized spacial score (nSPS) is 18.4. The third-order valence-corrected chi connectivity index (χ3v) is 5.89. The van der Waals surface area contributed by atoms with Gasteiger partial charge < -0.3 is 14.8 Å². The van der Waals surface area contributed by atoms with Gasteiger partial charge in [-0.1, -0.05) is 30.3 Å². The Balaban J connectivity index is 1.52. The molecule has 146 valence electrons. The Bertz CT molecular complexity index is 1070. The van der Waals surface area contributed by atoms with Crippen molar-refractivity contribution < 1.29 is 9.59 Å². The molecule has 0 bridgehead atoms. The van der Waals surface area contributed by atoms with Crippen LogP contribution in [0.25, 0.3) is 0 Å². The van der Waals surface area contributed by atoms with Crippen LogP contribution in [0.4, 0.5) is 5.69 Å². The molecule has 3 heterocycles. The number of fused-ring (bicyclic) bond motifs is 2. The van der Waals surface area contributed by atoms with E-state index in [9.17, 15) is 9.59 Å². The van der Waals surface area contributed by atoms with E-state index in [0.717, 1.165) is 41.9 Å². The Morgan fingerprint density at radius 1 is 0.966 bits per heavy atom. The molecule has 0 spiro atoms. The molecule has 1 atom stereocenters. The summed E-state index contributed by atoms with van der Waals surface area (Å²) in [6.45, 7) is 1.45. The van der Waals surface area contributed by atoms with Crippen LogP contribution in [0.3, 0.4) is 0 Å². The van der Waals surface area contributed by atoms with Gasteiger partial charge in [0.15, 0.2) is 0 Å². The lowest BCUT2D eigenvalue weighted by Crippen LogP contribution is -2.42. The third-order valence-electron chi connectivity index (χ3n) is 5.89. The average molecular weight is 385 g/mol. The smallest absolute Gasteiger partial charge is 0.254 e. The quantitative estimate of drug-likeness (QED) is 0.725. The van der Waals surface area contributed by atoms with Crippen molar-refractivity contribution in [2.24, 2.45) is 0 Å². The van der Waals surface area contributed by atoms with Crippen molar-refractivity contribution in [3.63, 3.8) is 0 Å². The van der Waals surface area contributed by atoms with E-state index in [-0.39, 0.29) is 17.9 Å². The number of carbonyl (C=O) groups is 2. The van der Waals surface area contributed by atoms with Crippen molar-refractivity contribution in [3.8, 4) is 0 Å². The summed E-state index contributed by atoms with van der Waals surface area (Å²) >= 11 is 0. The highest BCUT2D eigenvalue weighted by molar-refractivity contribution is 5.97. The van der Waals surface area contributed by atoms with Crippen molar-refractivity contribution >= 4 is 17.5 Å². The van der Waals surface area contributed by atoms with Crippen LogP contribution in [0.5, 0.6) is 0 Å². The fourth-order valence-corrected chi connectivity index (χ4v) is 4.46. The lowest BCUT2D eigenvalue weighted by Gasteiger charge is -2.37. The molecule has 1 unspecified atom stereocenters. The number of aromatic nitrogens is 1. The lowest BCUT2D eigenvalue weighted by atomic mass is 9.98. The largest absolute Gasteiger partial charge is 0.348 e. The van der Waals surface area contributed by atoms with Gasteiger partial charge >= 0.3 is 0 Å². The Kier molecular flexibility index (Phi) is 4.43. The van der Waals surface area contributed by atoms with Gasteiger partial charge in [0, 0.05) is 42.7 Å². The van der Waals surface area contributed by atoms with E-state index < -0.39 is 0 Å². The predicted octanol–water partition coefficient (Wildman–Crippen LogP) is 4.01. The molecule has 2 amide bonds. The van der Waals surface area contributed by atoms with Crippen LogP contribution in [0.2, 0.25) is 0 Å². The Hall–Kier alpha value is -3.34. The maximum absolute atomic E-state index is 13.6. The zero-order valence-electron chi connectivity index (χ0n) is 16.2. The monoisotopic (exact) mass is 385 g/mol. The summed E-state index contributed by atoms with van der Waals surface area (Å²) in [7, 11) is 0. The minimum absolute atomic E-state index is 0.0321. The number of hydrogen-bond donors (Lipinski definition) is 1. The van der Waals surface area contributed by atoms with Crippen molar-refractivity contribution in [1.29, 1.82) is 0 Å². The summed E-state index contributed by atoms with van der Waals surface area (Å²) in [5, 5.41) is 2.95. The van der Waals surface area contributed by atoms with Crippen molar-refractivity contribution in [2.45, 2.75) is 31.8 Å². The molecular weight excluding hydrogens is 362 g/mol. The Morgan fingerprint density at radius 2 is 1.83 bits per heavy atom. The van der Waals surface area contributed by atoms with Crippen molar-refractivity contribution in [2.75, 3.05) is 11.9 Å². The lowest BCUT2D eigenvalue weighted by molar-refractivity contribution is -0.116. The topological polar surface area (TPSA) is 54.3 Å². The van der Waals surface area contributed by atoms with E-state index in [1.165, 1.54) is 0 Å². The highest BCUT2D eigenvalue weighted by Gasteiger charge is 2.32. The molecule has 0 saturated heterocycles. The maximum Gasteiger partial charge on any atom is 0.254 e. The van der Waals surface area contributed by atoms with Crippen LogP contribution in [0.15, 0.2) is 66.9 Å². The summed E-state index contributed by atoms with van der Waals surface area (Å²) in [4.78, 5) is 27.4. The number of aryl methyl sites for hydroxylation is 1. The molecule has 3 aromatic rings. The first-order valence-corrected chi connectivity index (χ1v) is 10.1. The first-order valence-electron chi connectivity index (χ1n) is 10.1. The highest BCUT2D eigenvalue weighted by Crippen LogP contribution is 2.34. The van der Waals surface area contributed by atoms with E-state index in [1.807, 2.05) is 47.4 Å². The second-order valence-corrected chi connectivity index (χ2v) is 7.71. The Labute approximate surface area is 170 Å². The van der Waals surface area contributed by atoms with Crippen LogP contribution in [-0.4, -0.2) is 27.8 Å². The molecule has 1 aromatic heterocycles. The van der Waals surface area contributed by atoms with Gasteiger partial charge in [0.2, 0.25) is 5.91 Å². The minimum atomic E-state index is -0.106. The molecule has 0 fully saturated rings. The van der Waals surface area contributed by atoms with Gasteiger partial charge in [0.05, 0.1) is 6.04 Å². The van der Waals surface area contributed by atoms with E-state index in [1.54, 1.807) is 0 Å². The summed E-state index contributed by atoms with van der Waals surface area (Å²) in [5.74, 6) is 0.0773. The zero-order chi connectivity index (χ0) is 19.8. The molecule has 29 heavy (non-hydrogen) atoms. The van der Waals surface area contributed by atoms with Gasteiger partial charge in [-0.2, -0.15) is 0 Å². The van der Waals surface area contributed by atoms with Crippen LogP contribution < -0.4 is 5.32 Å². The van der Waals surface area contributed by atoms with Gasteiger partial charge in [0.25, 0.3) is 5.91 Å². The van der Waals surface area contributed by atoms with Crippen LogP contribution in [0, 0.1) is 0 Å². The van der Waals surface area contributed by atoms with Gasteiger partial charge in [-0.25, -0.2) is 0 Å². The molecule has 2 aliphatic rings. The molecule has 0 radical (unpaired) electrons. The number of amides is 2. The molecule has 1 N–H and O–H groups in total. The molecule has 5 nitrogen and oxygen atoms in total. The zero-order valence-corrected chi connectivity index (χ0v) is 16.2. The second kappa shape index (κ2) is 7.24. The number of nitrogens with one attached hydrogen (secondary N) is 1. The number of benzene rings is 2. The molecular formula is C24H23N3O2. The third kappa shape index (κ3) is 3.23. The maximum atomic E-state index is 13.6. The molecule has 2 aromatic carbocycles. The van der Waals surface area contributed by atoms with E-state index in [0.29, 0.717) is 18.5 Å².